The molecule has 1 aliphatic carbocycles. The molecule has 3 fully saturated rings. The molecule has 4 N–H and O–H groups in total. The van der Waals surface area contributed by atoms with Gasteiger partial charge in [-0.15, -0.1) is 0 Å². The number of anilines is 2. The van der Waals surface area contributed by atoms with Crippen LogP contribution in [0.2, 0.25) is 0 Å². The predicted octanol–water partition coefficient (Wildman–Crippen LogP) is 4.59. The summed E-state index contributed by atoms with van der Waals surface area (Å²) in [5.74, 6) is 9.83. The van der Waals surface area contributed by atoms with Crippen molar-refractivity contribution < 1.29 is 28.8 Å². The SMILES string of the molecule is CCc1cc2c(cc1N1CCC(N3CCN(CCCCCC(=O)NCCCNc4cccc5c(=C=O)n(C6CCC(=C=O)NC6=C=O)c(=C=O)c45)CC3)CC1)C(C)(C)c1[nH]c3cc(C#N)ccc3c1C2=C=O. The lowest BCUT2D eigenvalue weighted by molar-refractivity contribution is -0.121. The van der Waals surface area contributed by atoms with Gasteiger partial charge in [-0.25, -0.2) is 24.0 Å². The lowest BCUT2D eigenvalue weighted by atomic mass is 9.69. The number of hydrogen-bond acceptors (Lipinski definition) is 12. The van der Waals surface area contributed by atoms with Crippen LogP contribution in [0.25, 0.3) is 27.2 Å². The van der Waals surface area contributed by atoms with Crippen LogP contribution in [0.15, 0.2) is 59.9 Å². The number of nitriles is 1. The lowest BCUT2D eigenvalue weighted by Crippen LogP contribution is -2.53. The van der Waals surface area contributed by atoms with Gasteiger partial charge in [-0.3, -0.25) is 9.69 Å². The number of hydrogen-bond donors (Lipinski definition) is 4. The van der Waals surface area contributed by atoms with Gasteiger partial charge in [0.15, 0.2) is 11.9 Å². The van der Waals surface area contributed by atoms with Gasteiger partial charge in [0.05, 0.1) is 23.2 Å². The third kappa shape index (κ3) is 9.42. The standard InChI is InChI=1S/C57H61N9O6/c1-4-38-29-43-44(33-68)54-41-15-13-37(31-58)28-47(41)62-56(54)57(2,3)45(43)30-50(38)65-22-17-40(18-23-65)64-26-24-63(25-27-64)21-7-5-6-12-53(72)60-20-9-19-59-46-11-8-10-42-51(35-70)66(52(36-71)55(42)46)49-16-14-39(32-67)61-48(49)34-69/h8,10-11,13,15,28-30,40,49,59,61-62H,4-7,9,12,14,16-27H2,1-3H3,(H,60,72). The molecule has 1 unspecified atom stereocenters. The van der Waals surface area contributed by atoms with Crippen molar-refractivity contribution in [3.05, 3.63) is 104 Å². The first-order chi connectivity index (χ1) is 35.1. The number of rotatable bonds is 15. The van der Waals surface area contributed by atoms with Crippen LogP contribution >= 0.6 is 0 Å². The van der Waals surface area contributed by atoms with E-state index in [2.05, 4.69) is 80.5 Å². The van der Waals surface area contributed by atoms with Crippen LogP contribution in [0.5, 0.6) is 0 Å². The summed E-state index contributed by atoms with van der Waals surface area (Å²) in [6.07, 6.45) is 7.60. The number of carbonyl (C=O) groups is 1. The summed E-state index contributed by atoms with van der Waals surface area (Å²) in [6.45, 7) is 14.8. The van der Waals surface area contributed by atoms with Crippen molar-refractivity contribution >= 4 is 74.2 Å². The molecule has 370 valence electrons. The summed E-state index contributed by atoms with van der Waals surface area (Å²) in [5.41, 5.74) is 8.94. The maximum absolute atomic E-state index is 12.7. The van der Waals surface area contributed by atoms with Crippen molar-refractivity contribution in [2.45, 2.75) is 102 Å². The van der Waals surface area contributed by atoms with Crippen LogP contribution in [0, 0.1) is 11.3 Å². The maximum atomic E-state index is 12.7. The highest BCUT2D eigenvalue weighted by atomic mass is 16.1. The molecule has 0 radical (unpaired) electrons. The lowest BCUT2D eigenvalue weighted by Gasteiger charge is -2.44. The van der Waals surface area contributed by atoms with Crippen molar-refractivity contribution in [3.8, 4) is 6.07 Å². The van der Waals surface area contributed by atoms with E-state index in [9.17, 15) is 34.0 Å². The topological polar surface area (TPSA) is 193 Å². The second kappa shape index (κ2) is 21.5. The van der Waals surface area contributed by atoms with Crippen molar-refractivity contribution in [2.75, 3.05) is 69.1 Å². The molecule has 2 aromatic heterocycles. The second-order valence-electron chi connectivity index (χ2n) is 20.0. The van der Waals surface area contributed by atoms with Crippen LogP contribution in [0.4, 0.5) is 11.4 Å². The van der Waals surface area contributed by atoms with E-state index in [0.29, 0.717) is 59.6 Å². The van der Waals surface area contributed by atoms with Crippen LogP contribution in [-0.4, -0.2) is 120 Å². The minimum Gasteiger partial charge on any atom is -0.384 e. The van der Waals surface area contributed by atoms with E-state index in [1.165, 1.54) is 15.8 Å². The fourth-order valence-corrected chi connectivity index (χ4v) is 11.7. The molecule has 15 nitrogen and oxygen atoms in total. The number of nitrogens with one attached hydrogen (secondary N) is 4. The summed E-state index contributed by atoms with van der Waals surface area (Å²) < 4.78 is 1.44. The number of allylic oxidation sites excluding steroid dienone is 2. The number of aromatic amines is 1. The van der Waals surface area contributed by atoms with E-state index >= 15 is 0 Å². The van der Waals surface area contributed by atoms with Gasteiger partial charge in [0.25, 0.3) is 0 Å². The van der Waals surface area contributed by atoms with E-state index in [4.69, 9.17) is 0 Å². The monoisotopic (exact) mass is 967 g/mol. The summed E-state index contributed by atoms with van der Waals surface area (Å²) in [5, 5.41) is 20.7. The molecule has 0 spiro atoms. The average molecular weight is 968 g/mol. The first-order valence-electron chi connectivity index (χ1n) is 25.5. The van der Waals surface area contributed by atoms with Crippen molar-refractivity contribution in [3.63, 3.8) is 0 Å². The molecule has 9 rings (SSSR count). The van der Waals surface area contributed by atoms with E-state index in [0.717, 1.165) is 118 Å². The summed E-state index contributed by atoms with van der Waals surface area (Å²) in [7, 11) is 0. The van der Waals surface area contributed by atoms with Crippen LogP contribution in [0.3, 0.4) is 0 Å². The second-order valence-corrected chi connectivity index (χ2v) is 20.0. The fraction of sp³-hybridized carbons (Fsp3) is 0.439. The minimum absolute atomic E-state index is 0.0242. The smallest absolute Gasteiger partial charge is 0.219 e. The molecule has 15 heteroatoms. The summed E-state index contributed by atoms with van der Waals surface area (Å²) in [6, 6.07) is 17.5. The third-order valence-corrected chi connectivity index (χ3v) is 15.6. The number of aryl methyl sites for hydroxylation is 1. The zero-order valence-corrected chi connectivity index (χ0v) is 41.4. The molecular formula is C57H61N9O6. The third-order valence-electron chi connectivity index (χ3n) is 15.6. The van der Waals surface area contributed by atoms with Gasteiger partial charge in [-0.2, -0.15) is 5.26 Å². The maximum Gasteiger partial charge on any atom is 0.219 e. The molecule has 5 aromatic rings. The Morgan fingerprint density at radius 1 is 0.819 bits per heavy atom. The molecule has 0 bridgehead atoms. The van der Waals surface area contributed by atoms with Crippen LogP contribution in [-0.2, 0) is 40.6 Å². The number of aromatic nitrogens is 2. The summed E-state index contributed by atoms with van der Waals surface area (Å²) in [4.78, 5) is 84.5. The molecule has 3 aromatic carbocycles. The molecular weight excluding hydrogens is 907 g/mol. The molecule has 72 heavy (non-hydrogen) atoms. The molecule has 1 amide bonds. The highest BCUT2D eigenvalue weighted by Crippen LogP contribution is 2.50. The highest BCUT2D eigenvalue weighted by Gasteiger charge is 2.40. The minimum atomic E-state index is -0.738. The highest BCUT2D eigenvalue weighted by molar-refractivity contribution is 6.10. The van der Waals surface area contributed by atoms with Gasteiger partial charge >= 0.3 is 0 Å². The van der Waals surface area contributed by atoms with Crippen molar-refractivity contribution in [2.24, 2.45) is 0 Å². The predicted molar refractivity (Wildman–Crippen MR) is 278 cm³/mol. The van der Waals surface area contributed by atoms with Crippen molar-refractivity contribution in [1.82, 2.24) is 30.0 Å². The van der Waals surface area contributed by atoms with Gasteiger partial charge < -0.3 is 35.3 Å². The molecule has 0 saturated carbocycles. The van der Waals surface area contributed by atoms with Gasteiger partial charge in [0.1, 0.15) is 39.9 Å². The summed E-state index contributed by atoms with van der Waals surface area (Å²) >= 11 is 0. The number of piperazine rings is 1. The number of amides is 1. The number of benzene rings is 3. The average Bonchev–Trinajstić information content (AvgIpc) is 3.97. The molecule has 1 atom stereocenters. The quantitative estimate of drug-likeness (QED) is 0.0845. The van der Waals surface area contributed by atoms with E-state index in [1.807, 2.05) is 36.0 Å². The Bertz CT molecular complexity index is 3310. The molecule has 3 aliphatic heterocycles. The molecule has 3 saturated heterocycles. The Kier molecular flexibility index (Phi) is 14.8. The van der Waals surface area contributed by atoms with E-state index < -0.39 is 11.5 Å². The number of carbonyl (C=O) groups excluding carboxylic acids is 6. The Hall–Kier alpha value is -7.47. The number of H-pyrrole nitrogens is 1. The zero-order chi connectivity index (χ0) is 50.5. The van der Waals surface area contributed by atoms with Gasteiger partial charge in [-0.1, -0.05) is 45.4 Å². The number of fused-ring (bicyclic) bond motifs is 5. The molecule has 4 aliphatic rings. The largest absolute Gasteiger partial charge is 0.384 e. The van der Waals surface area contributed by atoms with Crippen molar-refractivity contribution in [1.29, 1.82) is 5.26 Å². The number of unbranched alkanes of at least 4 members (excludes halogenated alkanes) is 2. The van der Waals surface area contributed by atoms with Gasteiger partial charge in [-0.05, 0) is 98.5 Å². The van der Waals surface area contributed by atoms with E-state index in [-0.39, 0.29) is 40.8 Å². The normalized spacial score (nSPS) is 18.0. The number of nitrogens with zero attached hydrogens (tertiary/aromatic N) is 5. The van der Waals surface area contributed by atoms with Crippen LogP contribution in [0.1, 0.15) is 118 Å². The number of piperidine rings is 2. The Labute approximate surface area is 418 Å². The first kappa shape index (κ1) is 49.5. The molecule has 5 heterocycles. The van der Waals surface area contributed by atoms with Crippen LogP contribution < -0.4 is 31.5 Å². The first-order valence-corrected chi connectivity index (χ1v) is 25.5. The van der Waals surface area contributed by atoms with Gasteiger partial charge in [0, 0.05) is 121 Å². The fourth-order valence-electron chi connectivity index (χ4n) is 11.7. The Morgan fingerprint density at radius 2 is 1.61 bits per heavy atom. The Balaban J connectivity index is 0.693. The Morgan fingerprint density at radius 3 is 2.32 bits per heavy atom. The van der Waals surface area contributed by atoms with Gasteiger partial charge in [0.2, 0.25) is 5.91 Å². The van der Waals surface area contributed by atoms with E-state index in [1.54, 1.807) is 24.1 Å². The zero-order valence-electron chi connectivity index (χ0n) is 41.4.